The van der Waals surface area contributed by atoms with Crippen LogP contribution < -0.4 is 4.74 Å². The molecule has 4 nitrogen and oxygen atoms in total. The molecule has 1 heterocycles. The molecule has 0 atom stereocenters. The molecule has 3 rings (SSSR count). The standard InChI is InChI=1S/C18H13BrClF3N2O2/c1-25-16(15(19)17(24-25)18(21,22)23)13-7-6-12(8-14(13)26)27-9-10-2-4-11(20)5-3-10/h2-8,26H,9H2,1H3. The van der Waals surface area contributed by atoms with Gasteiger partial charge in [-0.2, -0.15) is 18.3 Å². The second kappa shape index (κ2) is 7.44. The van der Waals surface area contributed by atoms with Gasteiger partial charge in [0.2, 0.25) is 0 Å². The van der Waals surface area contributed by atoms with Crippen molar-refractivity contribution in [2.24, 2.45) is 7.05 Å². The van der Waals surface area contributed by atoms with Crippen LogP contribution in [0, 0.1) is 0 Å². The number of rotatable bonds is 4. The predicted molar refractivity (Wildman–Crippen MR) is 98.8 cm³/mol. The molecule has 0 bridgehead atoms. The molecule has 0 unspecified atom stereocenters. The Bertz CT molecular complexity index is 972. The summed E-state index contributed by atoms with van der Waals surface area (Å²) in [5.74, 6) is 0.154. The Balaban J connectivity index is 1.85. The number of aryl methyl sites for hydroxylation is 1. The van der Waals surface area contributed by atoms with Crippen LogP contribution in [0.2, 0.25) is 5.02 Å². The summed E-state index contributed by atoms with van der Waals surface area (Å²) in [6.07, 6.45) is -4.61. The van der Waals surface area contributed by atoms with E-state index in [0.717, 1.165) is 10.2 Å². The largest absolute Gasteiger partial charge is 0.507 e. The third-order valence-electron chi connectivity index (χ3n) is 3.80. The quantitative estimate of drug-likeness (QED) is 0.534. The third-order valence-corrected chi connectivity index (χ3v) is 4.80. The maximum absolute atomic E-state index is 13.0. The lowest BCUT2D eigenvalue weighted by molar-refractivity contribution is -0.142. The number of hydrogen-bond donors (Lipinski definition) is 1. The molecule has 0 aliphatic carbocycles. The third kappa shape index (κ3) is 4.22. The molecule has 0 saturated heterocycles. The Morgan fingerprint density at radius 1 is 1.19 bits per heavy atom. The fourth-order valence-electron chi connectivity index (χ4n) is 2.52. The van der Waals surface area contributed by atoms with E-state index in [1.165, 1.54) is 19.2 Å². The lowest BCUT2D eigenvalue weighted by Gasteiger charge is -2.10. The summed E-state index contributed by atoms with van der Waals surface area (Å²) in [6, 6.07) is 11.5. The zero-order valence-corrected chi connectivity index (χ0v) is 16.2. The number of alkyl halides is 3. The van der Waals surface area contributed by atoms with Crippen molar-refractivity contribution in [3.05, 3.63) is 63.2 Å². The monoisotopic (exact) mass is 460 g/mol. The first-order valence-corrected chi connectivity index (χ1v) is 8.84. The van der Waals surface area contributed by atoms with E-state index in [-0.39, 0.29) is 28.1 Å². The van der Waals surface area contributed by atoms with E-state index in [1.807, 2.05) is 12.1 Å². The van der Waals surface area contributed by atoms with Crippen molar-refractivity contribution >= 4 is 27.5 Å². The smallest absolute Gasteiger partial charge is 0.436 e. The number of hydrogen-bond acceptors (Lipinski definition) is 3. The van der Waals surface area contributed by atoms with Gasteiger partial charge in [0.25, 0.3) is 0 Å². The van der Waals surface area contributed by atoms with E-state index in [1.54, 1.807) is 18.2 Å². The topological polar surface area (TPSA) is 47.3 Å². The normalized spacial score (nSPS) is 11.6. The lowest BCUT2D eigenvalue weighted by atomic mass is 10.1. The van der Waals surface area contributed by atoms with Gasteiger partial charge in [0, 0.05) is 23.7 Å². The van der Waals surface area contributed by atoms with Crippen LogP contribution >= 0.6 is 27.5 Å². The number of aromatic nitrogens is 2. The highest BCUT2D eigenvalue weighted by Crippen LogP contribution is 2.42. The number of phenolic OH excluding ortho intramolecular Hbond substituents is 1. The second-order valence-corrected chi connectivity index (χ2v) is 6.96. The van der Waals surface area contributed by atoms with Gasteiger partial charge in [-0.3, -0.25) is 4.68 Å². The SMILES string of the molecule is Cn1nc(C(F)(F)F)c(Br)c1-c1ccc(OCc2ccc(Cl)cc2)cc1O. The maximum Gasteiger partial charge on any atom is 0.436 e. The van der Waals surface area contributed by atoms with Crippen LogP contribution in [0.4, 0.5) is 13.2 Å². The van der Waals surface area contributed by atoms with Gasteiger partial charge < -0.3 is 9.84 Å². The fraction of sp³-hybridized carbons (Fsp3) is 0.167. The molecule has 1 N–H and O–H groups in total. The van der Waals surface area contributed by atoms with Gasteiger partial charge in [-0.15, -0.1) is 0 Å². The molecule has 0 aliphatic rings. The van der Waals surface area contributed by atoms with E-state index < -0.39 is 11.9 Å². The molecule has 9 heteroatoms. The van der Waals surface area contributed by atoms with Crippen LogP contribution in [-0.2, 0) is 19.8 Å². The predicted octanol–water partition coefficient (Wildman–Crippen LogP) is 5.81. The van der Waals surface area contributed by atoms with Crippen molar-refractivity contribution in [1.82, 2.24) is 9.78 Å². The minimum atomic E-state index is -4.61. The van der Waals surface area contributed by atoms with Gasteiger partial charge in [0.05, 0.1) is 10.2 Å². The van der Waals surface area contributed by atoms with Crippen LogP contribution in [0.1, 0.15) is 11.3 Å². The number of halogens is 5. The maximum atomic E-state index is 13.0. The Hall–Kier alpha value is -2.19. The summed E-state index contributed by atoms with van der Waals surface area (Å²) >= 11 is 8.76. The van der Waals surface area contributed by atoms with Gasteiger partial charge in [-0.1, -0.05) is 23.7 Å². The summed E-state index contributed by atoms with van der Waals surface area (Å²) in [4.78, 5) is 0. The minimum absolute atomic E-state index is 0.115. The van der Waals surface area contributed by atoms with Gasteiger partial charge in [0.15, 0.2) is 5.69 Å². The highest BCUT2D eigenvalue weighted by Gasteiger charge is 2.38. The lowest BCUT2D eigenvalue weighted by Crippen LogP contribution is -2.07. The van der Waals surface area contributed by atoms with Crippen LogP contribution in [0.3, 0.4) is 0 Å². The number of phenols is 1. The Morgan fingerprint density at radius 2 is 1.85 bits per heavy atom. The van der Waals surface area contributed by atoms with Crippen molar-refractivity contribution in [3.63, 3.8) is 0 Å². The molecule has 27 heavy (non-hydrogen) atoms. The highest BCUT2D eigenvalue weighted by atomic mass is 79.9. The van der Waals surface area contributed by atoms with E-state index in [9.17, 15) is 18.3 Å². The molecule has 0 aliphatic heterocycles. The first-order valence-electron chi connectivity index (χ1n) is 7.67. The van der Waals surface area contributed by atoms with Crippen molar-refractivity contribution in [3.8, 4) is 22.8 Å². The van der Waals surface area contributed by atoms with Gasteiger partial charge in [-0.25, -0.2) is 0 Å². The van der Waals surface area contributed by atoms with Gasteiger partial charge >= 0.3 is 6.18 Å². The Morgan fingerprint density at radius 3 is 2.41 bits per heavy atom. The van der Waals surface area contributed by atoms with Gasteiger partial charge in [-0.05, 0) is 45.8 Å². The van der Waals surface area contributed by atoms with Crippen molar-refractivity contribution in [1.29, 1.82) is 0 Å². The van der Waals surface area contributed by atoms with Crippen molar-refractivity contribution in [2.45, 2.75) is 12.8 Å². The summed E-state index contributed by atoms with van der Waals surface area (Å²) in [6.45, 7) is 0.254. The minimum Gasteiger partial charge on any atom is -0.507 e. The summed E-state index contributed by atoms with van der Waals surface area (Å²) < 4.78 is 45.5. The fourth-order valence-corrected chi connectivity index (χ4v) is 3.42. The van der Waals surface area contributed by atoms with Crippen LogP contribution in [0.25, 0.3) is 11.3 Å². The molecular formula is C18H13BrClF3N2O2. The average molecular weight is 462 g/mol. The molecule has 2 aromatic carbocycles. The van der Waals surface area contributed by atoms with Gasteiger partial charge in [0.1, 0.15) is 18.1 Å². The average Bonchev–Trinajstić information content (AvgIpc) is 2.89. The first-order chi connectivity index (χ1) is 12.7. The Labute approximate surface area is 166 Å². The number of ether oxygens (including phenoxy) is 1. The van der Waals surface area contributed by atoms with Crippen LogP contribution in [-0.4, -0.2) is 14.9 Å². The summed E-state index contributed by atoms with van der Waals surface area (Å²) in [5, 5.41) is 14.4. The van der Waals surface area contributed by atoms with Crippen molar-refractivity contribution in [2.75, 3.05) is 0 Å². The molecule has 3 aromatic rings. The zero-order chi connectivity index (χ0) is 19.8. The second-order valence-electron chi connectivity index (χ2n) is 5.73. The zero-order valence-electron chi connectivity index (χ0n) is 13.9. The number of nitrogens with zero attached hydrogens (tertiary/aromatic N) is 2. The highest BCUT2D eigenvalue weighted by molar-refractivity contribution is 9.10. The number of benzene rings is 2. The molecule has 0 saturated carbocycles. The van der Waals surface area contributed by atoms with E-state index in [4.69, 9.17) is 16.3 Å². The summed E-state index contributed by atoms with van der Waals surface area (Å²) in [5.41, 5.74) is 0.143. The van der Waals surface area contributed by atoms with E-state index in [0.29, 0.717) is 10.8 Å². The van der Waals surface area contributed by atoms with E-state index >= 15 is 0 Å². The molecular weight excluding hydrogens is 449 g/mol. The summed E-state index contributed by atoms with van der Waals surface area (Å²) in [7, 11) is 1.37. The molecule has 0 amide bonds. The first kappa shape index (κ1) is 19.6. The Kier molecular flexibility index (Phi) is 5.39. The molecule has 1 aromatic heterocycles. The number of aromatic hydroxyl groups is 1. The van der Waals surface area contributed by atoms with Crippen LogP contribution in [0.15, 0.2) is 46.9 Å². The molecule has 0 spiro atoms. The van der Waals surface area contributed by atoms with E-state index in [2.05, 4.69) is 21.0 Å². The molecule has 0 radical (unpaired) electrons. The van der Waals surface area contributed by atoms with Crippen molar-refractivity contribution < 1.29 is 23.0 Å². The molecule has 142 valence electrons. The molecule has 0 fully saturated rings. The van der Waals surface area contributed by atoms with Crippen LogP contribution in [0.5, 0.6) is 11.5 Å².